The molecule has 0 N–H and O–H groups in total. The summed E-state index contributed by atoms with van der Waals surface area (Å²) in [5.41, 5.74) is 0. The Morgan fingerprint density at radius 3 is 2.00 bits per heavy atom. The third kappa shape index (κ3) is 6.75. The first-order valence-electron chi connectivity index (χ1n) is 2.34. The molecule has 0 atom stereocenters. The molecule has 0 aliphatic rings. The molecule has 0 aliphatic carbocycles. The van der Waals surface area contributed by atoms with Gasteiger partial charge >= 0.3 is 70.5 Å². The minimum atomic E-state index is 1.30. The summed E-state index contributed by atoms with van der Waals surface area (Å²) in [5.74, 6) is 0. The molecule has 0 spiro atoms. The van der Waals surface area contributed by atoms with Crippen molar-refractivity contribution in [3.63, 3.8) is 0 Å². The Kier molecular flexibility index (Phi) is 5.05. The van der Waals surface area contributed by atoms with Gasteiger partial charge in [-0.1, -0.05) is 0 Å². The summed E-state index contributed by atoms with van der Waals surface area (Å²) >= 11 is 4.06. The Bertz CT molecular complexity index is 119. The molecule has 0 radical (unpaired) electrons. The van der Waals surface area contributed by atoms with Crippen LogP contribution in [0.1, 0.15) is 13.8 Å². The van der Waals surface area contributed by atoms with Gasteiger partial charge in [-0.2, -0.15) is 0 Å². The molecule has 0 aromatic carbocycles. The van der Waals surface area contributed by atoms with Gasteiger partial charge in [0.15, 0.2) is 0 Å². The average Bonchev–Trinajstić information content (AvgIpc) is 1.61. The Morgan fingerprint density at radius 2 is 1.88 bits per heavy atom. The number of hydrogen-bond donors (Lipinski definition) is 0. The molecule has 0 nitrogen and oxygen atoms in total. The third-order valence-electron chi connectivity index (χ3n) is 0.559. The molecule has 0 aromatic heterocycles. The molecule has 0 rings (SSSR count). The van der Waals surface area contributed by atoms with Crippen molar-refractivity contribution in [2.24, 2.45) is 0 Å². The minimum absolute atomic E-state index is 1.30. The van der Waals surface area contributed by atoms with Crippen molar-refractivity contribution in [2.75, 3.05) is 0 Å². The molecule has 0 saturated carbocycles. The van der Waals surface area contributed by atoms with Gasteiger partial charge in [0.2, 0.25) is 0 Å². The summed E-state index contributed by atoms with van der Waals surface area (Å²) in [6.45, 7) is 4.20. The first-order chi connectivity index (χ1) is 3.63. The fourth-order valence-corrected chi connectivity index (χ4v) is 0.599. The van der Waals surface area contributed by atoms with E-state index in [1.54, 1.807) is 19.4 Å². The van der Waals surface area contributed by atoms with Crippen LogP contribution in [0.15, 0.2) is 12.2 Å². The van der Waals surface area contributed by atoms with Crippen LogP contribution in [-0.2, 0) is 36.3 Å². The van der Waals surface area contributed by atoms with Crippen LogP contribution < -0.4 is 0 Å². The molecule has 0 bridgehead atoms. The van der Waals surface area contributed by atoms with Crippen molar-refractivity contribution in [1.29, 1.82) is 0 Å². The number of allylic oxidation sites excluding steroid dienone is 2. The normalized spacial score (nSPS) is 9.62. The van der Waals surface area contributed by atoms with E-state index in [1.807, 2.05) is 0 Å². The summed E-state index contributed by atoms with van der Waals surface area (Å²) in [6.07, 6.45) is 4.26. The van der Waals surface area contributed by atoms with E-state index in [9.17, 15) is 0 Å². The molecule has 0 aromatic rings. The van der Waals surface area contributed by atoms with Gasteiger partial charge in [-0.15, -0.1) is 0 Å². The fourth-order valence-electron chi connectivity index (χ4n) is 0.238. The van der Waals surface area contributed by atoms with Crippen LogP contribution in [0.3, 0.4) is 0 Å². The van der Waals surface area contributed by atoms with E-state index in [-0.39, 0.29) is 0 Å². The monoisotopic (exact) mass is 315 g/mol. The van der Waals surface area contributed by atoms with Crippen molar-refractivity contribution in [1.82, 2.24) is 0 Å². The van der Waals surface area contributed by atoms with Gasteiger partial charge in [0.1, 0.15) is 0 Å². The Balaban J connectivity index is 3.67. The standard InChI is InChI=1S/C6H8.V.W/c1-3-5-6-4-2;;/h5-6H,1-2H3;;. The molecule has 0 amide bonds. The maximum absolute atomic E-state index is 2.51. The summed E-state index contributed by atoms with van der Waals surface area (Å²) in [4.78, 5) is 0. The van der Waals surface area contributed by atoms with Gasteiger partial charge in [0, 0.05) is 0 Å². The zero-order valence-electron chi connectivity index (χ0n) is 5.01. The van der Waals surface area contributed by atoms with Crippen LogP contribution in [0, 0.1) is 0 Å². The van der Waals surface area contributed by atoms with Gasteiger partial charge in [0.05, 0.1) is 0 Å². The third-order valence-corrected chi connectivity index (χ3v) is 1.28. The molecular weight excluding hydrogens is 307 g/mol. The topological polar surface area (TPSA) is 0 Å². The molecule has 0 unspecified atom stereocenters. The number of rotatable bonds is 2. The zero-order chi connectivity index (χ0) is 6.57. The molecule has 0 heterocycles. The van der Waals surface area contributed by atoms with E-state index in [1.165, 1.54) is 8.12 Å². The van der Waals surface area contributed by atoms with E-state index < -0.39 is 0 Å². The second kappa shape index (κ2) is 4.61. The number of hydrogen-bond acceptors (Lipinski definition) is 0. The Hall–Kier alpha value is 0.753. The van der Waals surface area contributed by atoms with E-state index in [0.29, 0.717) is 0 Å². The zero-order valence-corrected chi connectivity index (χ0v) is 9.34. The summed E-state index contributed by atoms with van der Waals surface area (Å²) in [5, 5.41) is 0. The molecule has 2 heteroatoms. The first kappa shape index (κ1) is 8.75. The Labute approximate surface area is 70.3 Å². The molecule has 0 saturated heterocycles. The van der Waals surface area contributed by atoms with Gasteiger partial charge in [0.25, 0.3) is 0 Å². The van der Waals surface area contributed by atoms with Gasteiger partial charge < -0.3 is 0 Å². The van der Waals surface area contributed by atoms with Crippen LogP contribution in [0.2, 0.25) is 0 Å². The van der Waals surface area contributed by atoms with Gasteiger partial charge in [-0.3, -0.25) is 0 Å². The second-order valence-electron chi connectivity index (χ2n) is 1.59. The van der Waals surface area contributed by atoms with Crippen molar-refractivity contribution in [3.8, 4) is 0 Å². The van der Waals surface area contributed by atoms with E-state index in [4.69, 9.17) is 0 Å². The fraction of sp³-hybridized carbons (Fsp3) is 0.333. The van der Waals surface area contributed by atoms with Crippen LogP contribution in [-0.4, -0.2) is 8.12 Å². The van der Waals surface area contributed by atoms with E-state index in [0.717, 1.165) is 0 Å². The maximum atomic E-state index is 2.51. The summed E-state index contributed by atoms with van der Waals surface area (Å²) in [6, 6.07) is 0. The van der Waals surface area contributed by atoms with Crippen LogP contribution in [0.25, 0.3) is 0 Å². The Morgan fingerprint density at radius 1 is 1.38 bits per heavy atom. The van der Waals surface area contributed by atoms with Crippen LogP contribution >= 0.6 is 0 Å². The van der Waals surface area contributed by atoms with Crippen molar-refractivity contribution in [3.05, 3.63) is 12.2 Å². The van der Waals surface area contributed by atoms with E-state index in [2.05, 4.69) is 43.0 Å². The van der Waals surface area contributed by atoms with Crippen molar-refractivity contribution >= 4 is 8.12 Å². The summed E-state index contributed by atoms with van der Waals surface area (Å²) < 4.78 is 2.73. The first-order valence-corrected chi connectivity index (χ1v) is 4.50. The van der Waals surface area contributed by atoms with Crippen LogP contribution in [0.5, 0.6) is 0 Å². The predicted molar refractivity (Wildman–Crippen MR) is 30.5 cm³/mol. The average molecular weight is 315 g/mol. The van der Waals surface area contributed by atoms with Crippen molar-refractivity contribution in [2.45, 2.75) is 13.8 Å². The molecule has 8 heavy (non-hydrogen) atoms. The van der Waals surface area contributed by atoms with Gasteiger partial charge in [-0.25, -0.2) is 0 Å². The van der Waals surface area contributed by atoms with E-state index >= 15 is 0 Å². The SMILES string of the molecule is C[C](=[V])C=C[C](C)=[W]. The molecule has 43 valence electrons. The van der Waals surface area contributed by atoms with Crippen LogP contribution in [0.4, 0.5) is 0 Å². The second-order valence-corrected chi connectivity index (χ2v) is 5.00. The summed E-state index contributed by atoms with van der Waals surface area (Å²) in [7, 11) is 0. The molecular formula is C6H8VW. The predicted octanol–water partition coefficient (Wildman–Crippen LogP) is 1.02. The van der Waals surface area contributed by atoms with Gasteiger partial charge in [-0.05, 0) is 0 Å². The van der Waals surface area contributed by atoms with Crippen molar-refractivity contribution < 1.29 is 36.3 Å². The molecule has 0 fully saturated rings. The molecule has 0 aliphatic heterocycles. The quantitative estimate of drug-likeness (QED) is 0.714.